The van der Waals surface area contributed by atoms with Gasteiger partial charge in [-0.1, -0.05) is 28.1 Å². The molecular formula is C12H12BrFN2. The van der Waals surface area contributed by atoms with Crippen LogP contribution < -0.4 is 0 Å². The summed E-state index contributed by atoms with van der Waals surface area (Å²) in [7, 11) is 0. The minimum Gasteiger partial charge on any atom is -0.265 e. The zero-order valence-corrected chi connectivity index (χ0v) is 10.5. The van der Waals surface area contributed by atoms with Crippen molar-refractivity contribution < 1.29 is 4.39 Å². The maximum atomic E-state index is 13.0. The summed E-state index contributed by atoms with van der Waals surface area (Å²) in [4.78, 5) is 0. The third-order valence-electron chi connectivity index (χ3n) is 2.57. The van der Waals surface area contributed by atoms with Crippen LogP contribution in [-0.2, 0) is 11.9 Å². The molecule has 2 nitrogen and oxygen atoms in total. The van der Waals surface area contributed by atoms with Gasteiger partial charge >= 0.3 is 0 Å². The highest BCUT2D eigenvalue weighted by Gasteiger charge is 2.05. The summed E-state index contributed by atoms with van der Waals surface area (Å²) in [5, 5.41) is 5.07. The maximum absolute atomic E-state index is 13.0. The van der Waals surface area contributed by atoms with E-state index in [-0.39, 0.29) is 5.82 Å². The highest BCUT2D eigenvalue weighted by molar-refractivity contribution is 9.08. The van der Waals surface area contributed by atoms with Gasteiger partial charge in [0.25, 0.3) is 0 Å². The highest BCUT2D eigenvalue weighted by Crippen LogP contribution is 2.13. The van der Waals surface area contributed by atoms with Gasteiger partial charge in [-0.2, -0.15) is 5.10 Å². The van der Waals surface area contributed by atoms with E-state index in [2.05, 4.69) is 21.0 Å². The first-order valence-electron chi connectivity index (χ1n) is 5.02. The number of nitrogens with zero attached hydrogens (tertiary/aromatic N) is 2. The van der Waals surface area contributed by atoms with Gasteiger partial charge in [0, 0.05) is 16.6 Å². The molecule has 0 saturated heterocycles. The molecule has 0 spiro atoms. The highest BCUT2D eigenvalue weighted by atomic mass is 79.9. The largest absolute Gasteiger partial charge is 0.265 e. The van der Waals surface area contributed by atoms with Gasteiger partial charge in [0.2, 0.25) is 0 Å². The molecule has 0 aliphatic rings. The summed E-state index contributed by atoms with van der Waals surface area (Å²) in [6.07, 6.45) is 1.84. The van der Waals surface area contributed by atoms with Gasteiger partial charge in [-0.05, 0) is 24.6 Å². The topological polar surface area (TPSA) is 17.8 Å². The van der Waals surface area contributed by atoms with Crippen molar-refractivity contribution in [1.82, 2.24) is 9.78 Å². The number of rotatable bonds is 3. The zero-order chi connectivity index (χ0) is 11.5. The van der Waals surface area contributed by atoms with Crippen LogP contribution in [0.4, 0.5) is 4.39 Å². The molecule has 1 heterocycles. The van der Waals surface area contributed by atoms with Gasteiger partial charge in [-0.15, -0.1) is 0 Å². The Morgan fingerprint density at radius 2 is 2.25 bits per heavy atom. The Labute approximate surface area is 102 Å². The molecule has 2 aromatic rings. The molecule has 0 aliphatic heterocycles. The van der Waals surface area contributed by atoms with E-state index in [4.69, 9.17) is 0 Å². The third-order valence-corrected chi connectivity index (χ3v) is 3.17. The quantitative estimate of drug-likeness (QED) is 0.790. The van der Waals surface area contributed by atoms with Crippen LogP contribution in [0.3, 0.4) is 0 Å². The van der Waals surface area contributed by atoms with Crippen LogP contribution in [0.2, 0.25) is 0 Å². The number of benzene rings is 1. The van der Waals surface area contributed by atoms with Crippen molar-refractivity contribution >= 4 is 15.9 Å². The molecule has 0 radical (unpaired) electrons. The van der Waals surface area contributed by atoms with E-state index >= 15 is 0 Å². The summed E-state index contributed by atoms with van der Waals surface area (Å²) >= 11 is 3.41. The van der Waals surface area contributed by atoms with Gasteiger partial charge in [0.15, 0.2) is 0 Å². The molecule has 0 bridgehead atoms. The zero-order valence-electron chi connectivity index (χ0n) is 8.95. The van der Waals surface area contributed by atoms with Gasteiger partial charge in [0.05, 0.1) is 12.7 Å². The molecule has 0 fully saturated rings. The minimum atomic E-state index is -0.206. The lowest BCUT2D eigenvalue weighted by molar-refractivity contribution is 0.616. The van der Waals surface area contributed by atoms with E-state index in [0.29, 0.717) is 6.54 Å². The Morgan fingerprint density at radius 1 is 1.44 bits per heavy atom. The first-order chi connectivity index (χ1) is 7.70. The molecule has 0 aliphatic carbocycles. The van der Waals surface area contributed by atoms with Gasteiger partial charge in [-0.3, -0.25) is 4.68 Å². The van der Waals surface area contributed by atoms with E-state index in [1.165, 1.54) is 12.1 Å². The number of alkyl halides is 1. The molecule has 1 aromatic heterocycles. The summed E-state index contributed by atoms with van der Waals surface area (Å²) in [5.41, 5.74) is 3.20. The second-order valence-electron chi connectivity index (χ2n) is 3.68. The average Bonchev–Trinajstić information content (AvgIpc) is 2.60. The van der Waals surface area contributed by atoms with Crippen molar-refractivity contribution in [2.45, 2.75) is 18.8 Å². The van der Waals surface area contributed by atoms with Crippen LogP contribution >= 0.6 is 15.9 Å². The second kappa shape index (κ2) is 4.78. The molecule has 2 rings (SSSR count). The Kier molecular flexibility index (Phi) is 3.39. The molecule has 4 heteroatoms. The predicted molar refractivity (Wildman–Crippen MR) is 65.1 cm³/mol. The van der Waals surface area contributed by atoms with Gasteiger partial charge in [-0.25, -0.2) is 4.39 Å². The van der Waals surface area contributed by atoms with E-state index in [1.54, 1.807) is 6.07 Å². The van der Waals surface area contributed by atoms with Crippen molar-refractivity contribution in [3.8, 4) is 0 Å². The fourth-order valence-corrected chi connectivity index (χ4v) is 2.13. The molecule has 0 atom stereocenters. The van der Waals surface area contributed by atoms with Crippen LogP contribution in [0.5, 0.6) is 0 Å². The van der Waals surface area contributed by atoms with E-state index in [0.717, 1.165) is 22.2 Å². The predicted octanol–water partition coefficient (Wildman–Crippen LogP) is 3.27. The van der Waals surface area contributed by atoms with Crippen LogP contribution in [0.15, 0.2) is 30.5 Å². The minimum absolute atomic E-state index is 0.206. The van der Waals surface area contributed by atoms with Crippen molar-refractivity contribution in [3.63, 3.8) is 0 Å². The molecule has 0 amide bonds. The van der Waals surface area contributed by atoms with Gasteiger partial charge in [0.1, 0.15) is 5.82 Å². The Balaban J connectivity index is 2.24. The van der Waals surface area contributed by atoms with Crippen LogP contribution in [0, 0.1) is 12.7 Å². The lowest BCUT2D eigenvalue weighted by Gasteiger charge is -2.05. The molecule has 0 unspecified atom stereocenters. The Hall–Kier alpha value is -1.16. The van der Waals surface area contributed by atoms with Crippen LogP contribution in [0.25, 0.3) is 0 Å². The summed E-state index contributed by atoms with van der Waals surface area (Å²) < 4.78 is 14.9. The summed E-state index contributed by atoms with van der Waals surface area (Å²) in [5.74, 6) is -0.206. The van der Waals surface area contributed by atoms with Crippen molar-refractivity contribution in [3.05, 3.63) is 53.1 Å². The lowest BCUT2D eigenvalue weighted by atomic mass is 10.2. The molecule has 84 valence electrons. The summed E-state index contributed by atoms with van der Waals surface area (Å²) in [6, 6.07) is 6.60. The standard InChI is InChI=1S/C12H12BrFN2/c1-9-11(6-13)7-15-16(9)8-10-3-2-4-12(14)5-10/h2-5,7H,6,8H2,1H3. The number of hydrogen-bond donors (Lipinski definition) is 0. The lowest BCUT2D eigenvalue weighted by Crippen LogP contribution is -2.04. The fraction of sp³-hybridized carbons (Fsp3) is 0.250. The molecule has 0 saturated carbocycles. The first-order valence-corrected chi connectivity index (χ1v) is 6.14. The van der Waals surface area contributed by atoms with E-state index in [1.807, 2.05) is 23.9 Å². The smallest absolute Gasteiger partial charge is 0.123 e. The number of aromatic nitrogens is 2. The molecule has 16 heavy (non-hydrogen) atoms. The van der Waals surface area contributed by atoms with Crippen LogP contribution in [0.1, 0.15) is 16.8 Å². The maximum Gasteiger partial charge on any atom is 0.123 e. The average molecular weight is 283 g/mol. The van der Waals surface area contributed by atoms with Crippen molar-refractivity contribution in [2.24, 2.45) is 0 Å². The summed E-state index contributed by atoms with van der Waals surface area (Å²) in [6.45, 7) is 2.62. The Bertz CT molecular complexity index is 494. The van der Waals surface area contributed by atoms with Gasteiger partial charge < -0.3 is 0 Å². The molecule has 0 N–H and O–H groups in total. The molecule has 1 aromatic carbocycles. The van der Waals surface area contributed by atoms with E-state index < -0.39 is 0 Å². The SMILES string of the molecule is Cc1c(CBr)cnn1Cc1cccc(F)c1. The van der Waals surface area contributed by atoms with Crippen molar-refractivity contribution in [1.29, 1.82) is 0 Å². The third kappa shape index (κ3) is 2.32. The first kappa shape index (κ1) is 11.3. The van der Waals surface area contributed by atoms with Crippen LogP contribution in [-0.4, -0.2) is 9.78 Å². The molecular weight excluding hydrogens is 271 g/mol. The second-order valence-corrected chi connectivity index (χ2v) is 4.24. The van der Waals surface area contributed by atoms with Crippen molar-refractivity contribution in [2.75, 3.05) is 0 Å². The monoisotopic (exact) mass is 282 g/mol. The van der Waals surface area contributed by atoms with E-state index in [9.17, 15) is 4.39 Å². The normalized spacial score (nSPS) is 10.7. The number of halogens is 2. The fourth-order valence-electron chi connectivity index (χ4n) is 1.58. The number of hydrogen-bond acceptors (Lipinski definition) is 1. The Morgan fingerprint density at radius 3 is 2.88 bits per heavy atom.